The van der Waals surface area contributed by atoms with Crippen molar-refractivity contribution in [3.63, 3.8) is 0 Å². The highest BCUT2D eigenvalue weighted by molar-refractivity contribution is 7.55. The van der Waals surface area contributed by atoms with Crippen molar-refractivity contribution in [2.75, 3.05) is 19.8 Å². The summed E-state index contributed by atoms with van der Waals surface area (Å²) in [6.07, 6.45) is 4.30. The quantitative estimate of drug-likeness (QED) is 0.419. The van der Waals surface area contributed by atoms with Crippen molar-refractivity contribution in [3.8, 4) is 0 Å². The molecule has 0 aliphatic rings. The fraction of sp³-hybridized carbons (Fsp3) is 0.611. The van der Waals surface area contributed by atoms with E-state index < -0.39 is 19.2 Å². The molecule has 8 nitrogen and oxygen atoms in total. The van der Waals surface area contributed by atoms with Crippen LogP contribution < -0.4 is 0 Å². The Morgan fingerprint density at radius 2 is 1.89 bits per heavy atom. The molecule has 0 saturated carbocycles. The third kappa shape index (κ3) is 4.94. The second-order valence-corrected chi connectivity index (χ2v) is 8.02. The number of unbranched alkanes of at least 4 members (excludes halogenated alkanes) is 1. The van der Waals surface area contributed by atoms with Crippen molar-refractivity contribution in [2.24, 2.45) is 0 Å². The third-order valence-corrected chi connectivity index (χ3v) is 6.29. The van der Waals surface area contributed by atoms with Gasteiger partial charge in [0.05, 0.1) is 31.7 Å². The number of carbonyl (C=O) groups excluding carboxylic acids is 1. The molecule has 0 amide bonds. The first kappa shape index (κ1) is 21.5. The van der Waals surface area contributed by atoms with Gasteiger partial charge in [-0.15, -0.1) is 0 Å². The summed E-state index contributed by atoms with van der Waals surface area (Å²) in [5, 5.41) is 4.25. The monoisotopic (exact) mass is 397 g/mol. The van der Waals surface area contributed by atoms with Gasteiger partial charge < -0.3 is 13.8 Å². The summed E-state index contributed by atoms with van der Waals surface area (Å²) in [5.74, 6) is -0.660. The van der Waals surface area contributed by atoms with Crippen molar-refractivity contribution in [3.05, 3.63) is 29.7 Å². The number of aryl methyl sites for hydroxylation is 1. The van der Waals surface area contributed by atoms with E-state index in [4.69, 9.17) is 13.8 Å². The molecule has 2 aromatic rings. The van der Waals surface area contributed by atoms with Gasteiger partial charge in [-0.25, -0.2) is 9.50 Å². The second kappa shape index (κ2) is 9.97. The van der Waals surface area contributed by atoms with Crippen LogP contribution in [-0.4, -0.2) is 40.4 Å². The maximum Gasteiger partial charge on any atom is 0.350 e. The van der Waals surface area contributed by atoms with E-state index >= 15 is 0 Å². The molecule has 0 aliphatic heterocycles. The van der Waals surface area contributed by atoms with Crippen LogP contribution in [0, 0.1) is 0 Å². The lowest BCUT2D eigenvalue weighted by atomic mass is 10.1. The van der Waals surface area contributed by atoms with Crippen LogP contribution in [0.25, 0.3) is 5.65 Å². The van der Waals surface area contributed by atoms with E-state index in [0.717, 1.165) is 25.0 Å². The standard InChI is InChI=1S/C18H28N3O5P/c1-5-9-10-14-13-15(21-16(20-14)11-12-19-21)17(18(22)24-6-2)27(23,25-7-3)26-8-4/h11-13,17H,5-10H2,1-4H3. The van der Waals surface area contributed by atoms with Crippen molar-refractivity contribution < 1.29 is 23.1 Å². The summed E-state index contributed by atoms with van der Waals surface area (Å²) >= 11 is 0. The highest BCUT2D eigenvalue weighted by atomic mass is 31.2. The second-order valence-electron chi connectivity index (χ2n) is 5.91. The maximum absolute atomic E-state index is 13.5. The van der Waals surface area contributed by atoms with Gasteiger partial charge in [0.1, 0.15) is 0 Å². The molecule has 9 heteroatoms. The Morgan fingerprint density at radius 1 is 1.19 bits per heavy atom. The van der Waals surface area contributed by atoms with Gasteiger partial charge in [-0.1, -0.05) is 13.3 Å². The predicted octanol–water partition coefficient (Wildman–Crippen LogP) is 3.94. The molecule has 0 fully saturated rings. The smallest absolute Gasteiger partial charge is 0.350 e. The van der Waals surface area contributed by atoms with Gasteiger partial charge in [0.25, 0.3) is 0 Å². The van der Waals surface area contributed by atoms with Crippen LogP contribution in [0.3, 0.4) is 0 Å². The molecule has 2 heterocycles. The molecule has 0 bridgehead atoms. The van der Waals surface area contributed by atoms with Crippen LogP contribution in [0.5, 0.6) is 0 Å². The van der Waals surface area contributed by atoms with Crippen LogP contribution in [0.4, 0.5) is 0 Å². The molecule has 0 saturated heterocycles. The maximum atomic E-state index is 13.5. The summed E-state index contributed by atoms with van der Waals surface area (Å²) in [7, 11) is -3.83. The summed E-state index contributed by atoms with van der Waals surface area (Å²) < 4.78 is 31.2. The van der Waals surface area contributed by atoms with E-state index in [9.17, 15) is 9.36 Å². The first-order valence-corrected chi connectivity index (χ1v) is 11.0. The van der Waals surface area contributed by atoms with Gasteiger partial charge in [-0.3, -0.25) is 9.36 Å². The van der Waals surface area contributed by atoms with Crippen molar-refractivity contribution in [1.82, 2.24) is 14.6 Å². The Kier molecular flexibility index (Phi) is 7.95. The van der Waals surface area contributed by atoms with Gasteiger partial charge >= 0.3 is 13.6 Å². The molecule has 0 aliphatic carbocycles. The number of esters is 1. The fourth-order valence-corrected chi connectivity index (χ4v) is 4.78. The van der Waals surface area contributed by atoms with E-state index in [1.807, 2.05) is 0 Å². The number of rotatable bonds is 11. The van der Waals surface area contributed by atoms with Crippen LogP contribution in [0.1, 0.15) is 57.6 Å². The summed E-state index contributed by atoms with van der Waals surface area (Å²) in [6.45, 7) is 7.64. The SMILES string of the molecule is CCCCc1cc(C(C(=O)OCC)P(=O)(OCC)OCC)n2nccc2n1. The van der Waals surface area contributed by atoms with Gasteiger partial charge in [0.15, 0.2) is 5.65 Å². The number of ether oxygens (including phenoxy) is 1. The summed E-state index contributed by atoms with van der Waals surface area (Å²) in [6, 6.07) is 3.50. The first-order chi connectivity index (χ1) is 13.0. The molecule has 150 valence electrons. The van der Waals surface area contributed by atoms with Crippen LogP contribution in [0.2, 0.25) is 0 Å². The number of carbonyl (C=O) groups is 1. The minimum Gasteiger partial charge on any atom is -0.465 e. The number of fused-ring (bicyclic) bond motifs is 1. The molecule has 27 heavy (non-hydrogen) atoms. The fourth-order valence-electron chi connectivity index (χ4n) is 2.85. The molecule has 1 unspecified atom stereocenters. The molecule has 2 rings (SSSR count). The molecule has 0 N–H and O–H groups in total. The van der Waals surface area contributed by atoms with E-state index in [0.29, 0.717) is 11.3 Å². The first-order valence-electron chi connectivity index (χ1n) is 9.39. The molecule has 1 atom stereocenters. The predicted molar refractivity (Wildman–Crippen MR) is 102 cm³/mol. The van der Waals surface area contributed by atoms with Crippen molar-refractivity contribution >= 4 is 19.2 Å². The Hall–Kier alpha value is -1.76. The van der Waals surface area contributed by atoms with Gasteiger partial charge in [0, 0.05) is 11.8 Å². The molecule has 2 aromatic heterocycles. The van der Waals surface area contributed by atoms with Crippen molar-refractivity contribution in [2.45, 2.75) is 52.6 Å². The van der Waals surface area contributed by atoms with Crippen LogP contribution in [0.15, 0.2) is 18.3 Å². The molecule has 0 aromatic carbocycles. The lowest BCUT2D eigenvalue weighted by Crippen LogP contribution is -2.22. The lowest BCUT2D eigenvalue weighted by molar-refractivity contribution is -0.143. The zero-order valence-corrected chi connectivity index (χ0v) is 17.3. The van der Waals surface area contributed by atoms with E-state index in [2.05, 4.69) is 17.0 Å². The largest absolute Gasteiger partial charge is 0.465 e. The van der Waals surface area contributed by atoms with Gasteiger partial charge in [0.2, 0.25) is 5.66 Å². The minimum atomic E-state index is -3.83. The average molecular weight is 397 g/mol. The van der Waals surface area contributed by atoms with Crippen LogP contribution in [-0.2, 0) is 29.6 Å². The third-order valence-electron chi connectivity index (χ3n) is 3.95. The average Bonchev–Trinajstić information content (AvgIpc) is 3.09. The Morgan fingerprint density at radius 3 is 2.48 bits per heavy atom. The van der Waals surface area contributed by atoms with E-state index in [-0.39, 0.29) is 19.8 Å². The number of nitrogens with zero attached hydrogens (tertiary/aromatic N) is 3. The number of aromatic nitrogens is 3. The highest BCUT2D eigenvalue weighted by Gasteiger charge is 2.45. The Labute approximate surface area is 159 Å². The Balaban J connectivity index is 2.65. The van der Waals surface area contributed by atoms with Gasteiger partial charge in [-0.05, 0) is 39.7 Å². The van der Waals surface area contributed by atoms with E-state index in [1.54, 1.807) is 39.1 Å². The summed E-state index contributed by atoms with van der Waals surface area (Å²) in [5.41, 5.74) is 0.545. The lowest BCUT2D eigenvalue weighted by Gasteiger charge is -2.25. The molecular weight excluding hydrogens is 369 g/mol. The van der Waals surface area contributed by atoms with Crippen molar-refractivity contribution in [1.29, 1.82) is 0 Å². The molecule has 0 radical (unpaired) electrons. The summed E-state index contributed by atoms with van der Waals surface area (Å²) in [4.78, 5) is 17.4. The van der Waals surface area contributed by atoms with Gasteiger partial charge in [-0.2, -0.15) is 5.10 Å². The Bertz CT molecular complexity index is 797. The van der Waals surface area contributed by atoms with Crippen LogP contribution >= 0.6 is 7.60 Å². The number of hydrogen-bond acceptors (Lipinski definition) is 7. The highest BCUT2D eigenvalue weighted by Crippen LogP contribution is 2.61. The zero-order valence-electron chi connectivity index (χ0n) is 16.4. The molecular formula is C18H28N3O5P. The minimum absolute atomic E-state index is 0.142. The zero-order chi connectivity index (χ0) is 19.9. The number of hydrogen-bond donors (Lipinski definition) is 0. The molecule has 0 spiro atoms. The normalized spacial score (nSPS) is 13.0. The van der Waals surface area contributed by atoms with E-state index in [1.165, 1.54) is 4.52 Å². The topological polar surface area (TPSA) is 92.0 Å².